The van der Waals surface area contributed by atoms with Crippen LogP contribution in [0.15, 0.2) is 18.3 Å². The zero-order valence-corrected chi connectivity index (χ0v) is 9.63. The summed E-state index contributed by atoms with van der Waals surface area (Å²) in [4.78, 5) is 8.66. The molecule has 1 aromatic heterocycles. The fraction of sp³-hybridized carbons (Fsp3) is 0.385. The minimum Gasteiger partial charge on any atom is -0.353 e. The highest BCUT2D eigenvalue weighted by atomic mass is 15.3. The third kappa shape index (κ3) is 2.55. The van der Waals surface area contributed by atoms with E-state index in [0.717, 1.165) is 32.0 Å². The predicted molar refractivity (Wildman–Crippen MR) is 66.4 cm³/mol. The van der Waals surface area contributed by atoms with E-state index in [2.05, 4.69) is 26.8 Å². The van der Waals surface area contributed by atoms with Crippen molar-refractivity contribution in [2.24, 2.45) is 0 Å². The number of nitriles is 1. The molecule has 0 saturated carbocycles. The highest BCUT2D eigenvalue weighted by Crippen LogP contribution is 2.17. The molecule has 1 aliphatic heterocycles. The second-order valence-corrected chi connectivity index (χ2v) is 3.95. The molecule has 2 heterocycles. The van der Waals surface area contributed by atoms with E-state index >= 15 is 0 Å². The molecule has 0 atom stereocenters. The van der Waals surface area contributed by atoms with Gasteiger partial charge in [-0.1, -0.05) is 5.92 Å². The van der Waals surface area contributed by atoms with Crippen LogP contribution in [-0.4, -0.2) is 42.6 Å². The predicted octanol–water partition coefficient (Wildman–Crippen LogP) is 0.708. The van der Waals surface area contributed by atoms with Gasteiger partial charge in [-0.05, 0) is 12.1 Å². The quantitative estimate of drug-likeness (QED) is 0.697. The van der Waals surface area contributed by atoms with Crippen molar-refractivity contribution in [3.05, 3.63) is 23.9 Å². The molecule has 1 saturated heterocycles. The second kappa shape index (κ2) is 5.34. The summed E-state index contributed by atoms with van der Waals surface area (Å²) in [6, 6.07) is 5.77. The lowest BCUT2D eigenvalue weighted by molar-refractivity contribution is 0.287. The van der Waals surface area contributed by atoms with E-state index in [9.17, 15) is 0 Å². The number of terminal acetylenes is 1. The maximum atomic E-state index is 9.03. The Hall–Kier alpha value is -2.04. The Morgan fingerprint density at radius 1 is 1.35 bits per heavy atom. The maximum Gasteiger partial charge on any atom is 0.146 e. The van der Waals surface area contributed by atoms with Gasteiger partial charge in [-0.25, -0.2) is 4.98 Å². The molecule has 0 amide bonds. The Morgan fingerprint density at radius 3 is 2.76 bits per heavy atom. The fourth-order valence-electron chi connectivity index (χ4n) is 1.98. The number of hydrogen-bond acceptors (Lipinski definition) is 4. The first-order chi connectivity index (χ1) is 8.35. The molecule has 4 nitrogen and oxygen atoms in total. The molecule has 4 heteroatoms. The lowest BCUT2D eigenvalue weighted by Crippen LogP contribution is -2.46. The van der Waals surface area contributed by atoms with Crippen LogP contribution in [0.1, 0.15) is 5.56 Å². The van der Waals surface area contributed by atoms with Gasteiger partial charge in [-0.2, -0.15) is 5.26 Å². The van der Waals surface area contributed by atoms with E-state index in [1.807, 2.05) is 0 Å². The Balaban J connectivity index is 2.06. The first-order valence-corrected chi connectivity index (χ1v) is 5.61. The first-order valence-electron chi connectivity index (χ1n) is 5.61. The minimum atomic E-state index is 0.637. The number of piperazine rings is 1. The van der Waals surface area contributed by atoms with Crippen LogP contribution in [0.5, 0.6) is 0 Å². The van der Waals surface area contributed by atoms with Gasteiger partial charge in [0.2, 0.25) is 0 Å². The number of hydrogen-bond donors (Lipinski definition) is 0. The van der Waals surface area contributed by atoms with Crippen LogP contribution in [0, 0.1) is 23.7 Å². The van der Waals surface area contributed by atoms with Crippen molar-refractivity contribution in [2.45, 2.75) is 0 Å². The standard InChI is InChI=1S/C13H14N4/c1-2-6-16-7-9-17(10-8-16)13-12(11-14)4-3-5-15-13/h1,3-5H,6-10H2. The van der Waals surface area contributed by atoms with Crippen LogP contribution in [0.3, 0.4) is 0 Å². The van der Waals surface area contributed by atoms with Crippen LogP contribution in [-0.2, 0) is 0 Å². The SMILES string of the molecule is C#CCN1CCN(c2ncccc2C#N)CC1. The zero-order valence-electron chi connectivity index (χ0n) is 9.63. The van der Waals surface area contributed by atoms with Gasteiger partial charge in [-0.3, -0.25) is 4.90 Å². The van der Waals surface area contributed by atoms with Crippen molar-refractivity contribution in [3.63, 3.8) is 0 Å². The fourth-order valence-corrected chi connectivity index (χ4v) is 1.98. The Labute approximate surface area is 101 Å². The zero-order chi connectivity index (χ0) is 12.1. The monoisotopic (exact) mass is 226 g/mol. The lowest BCUT2D eigenvalue weighted by Gasteiger charge is -2.34. The van der Waals surface area contributed by atoms with Crippen LogP contribution in [0.4, 0.5) is 5.82 Å². The van der Waals surface area contributed by atoms with E-state index in [-0.39, 0.29) is 0 Å². The average molecular weight is 226 g/mol. The van der Waals surface area contributed by atoms with Gasteiger partial charge in [-0.15, -0.1) is 6.42 Å². The molecule has 1 aliphatic rings. The summed E-state index contributed by atoms with van der Waals surface area (Å²) < 4.78 is 0. The van der Waals surface area contributed by atoms with Crippen LogP contribution < -0.4 is 4.90 Å². The van der Waals surface area contributed by atoms with Gasteiger partial charge in [0.1, 0.15) is 11.9 Å². The third-order valence-electron chi connectivity index (χ3n) is 2.89. The normalized spacial score (nSPS) is 16.2. The average Bonchev–Trinajstić information content (AvgIpc) is 2.40. The molecule has 0 spiro atoms. The topological polar surface area (TPSA) is 43.2 Å². The van der Waals surface area contributed by atoms with E-state index < -0.39 is 0 Å². The van der Waals surface area contributed by atoms with Gasteiger partial charge in [0.05, 0.1) is 12.1 Å². The minimum absolute atomic E-state index is 0.637. The number of anilines is 1. The maximum absolute atomic E-state index is 9.03. The van der Waals surface area contributed by atoms with Gasteiger partial charge in [0.25, 0.3) is 0 Å². The van der Waals surface area contributed by atoms with Crippen LogP contribution >= 0.6 is 0 Å². The van der Waals surface area contributed by atoms with Crippen LogP contribution in [0.2, 0.25) is 0 Å². The lowest BCUT2D eigenvalue weighted by atomic mass is 10.2. The van der Waals surface area contributed by atoms with Crippen molar-refractivity contribution in [2.75, 3.05) is 37.6 Å². The van der Waals surface area contributed by atoms with Gasteiger partial charge in [0.15, 0.2) is 0 Å². The smallest absolute Gasteiger partial charge is 0.146 e. The largest absolute Gasteiger partial charge is 0.353 e. The Bertz CT molecular complexity index is 461. The molecule has 1 fully saturated rings. The molecule has 0 unspecified atom stereocenters. The van der Waals surface area contributed by atoms with Gasteiger partial charge < -0.3 is 4.90 Å². The number of rotatable bonds is 2. The number of aromatic nitrogens is 1. The van der Waals surface area contributed by atoms with E-state index in [0.29, 0.717) is 12.1 Å². The molecule has 1 aromatic rings. The van der Waals surface area contributed by atoms with E-state index in [4.69, 9.17) is 11.7 Å². The summed E-state index contributed by atoms with van der Waals surface area (Å²) in [7, 11) is 0. The van der Waals surface area contributed by atoms with Gasteiger partial charge in [0, 0.05) is 32.4 Å². The first kappa shape index (κ1) is 11.4. The summed E-state index contributed by atoms with van der Waals surface area (Å²) in [5.74, 6) is 3.44. The van der Waals surface area contributed by atoms with E-state index in [1.165, 1.54) is 0 Å². The summed E-state index contributed by atoms with van der Waals surface area (Å²) in [6.45, 7) is 4.28. The molecule has 2 rings (SSSR count). The summed E-state index contributed by atoms with van der Waals surface area (Å²) in [5.41, 5.74) is 0.637. The number of nitrogens with zero attached hydrogens (tertiary/aromatic N) is 4. The molecular formula is C13H14N4. The van der Waals surface area contributed by atoms with Crippen molar-refractivity contribution in [1.82, 2.24) is 9.88 Å². The summed E-state index contributed by atoms with van der Waals surface area (Å²) in [6.07, 6.45) is 7.02. The summed E-state index contributed by atoms with van der Waals surface area (Å²) in [5, 5.41) is 9.03. The Kier molecular flexibility index (Phi) is 3.59. The van der Waals surface area contributed by atoms with Crippen molar-refractivity contribution in [1.29, 1.82) is 5.26 Å². The second-order valence-electron chi connectivity index (χ2n) is 3.95. The highest BCUT2D eigenvalue weighted by molar-refractivity contribution is 5.53. The molecule has 0 aromatic carbocycles. The molecular weight excluding hydrogens is 212 g/mol. The van der Waals surface area contributed by atoms with Crippen molar-refractivity contribution >= 4 is 5.82 Å². The van der Waals surface area contributed by atoms with E-state index in [1.54, 1.807) is 18.3 Å². The molecule has 0 bridgehead atoms. The summed E-state index contributed by atoms with van der Waals surface area (Å²) >= 11 is 0. The van der Waals surface area contributed by atoms with Crippen LogP contribution in [0.25, 0.3) is 0 Å². The molecule has 17 heavy (non-hydrogen) atoms. The van der Waals surface area contributed by atoms with Crippen molar-refractivity contribution in [3.8, 4) is 18.4 Å². The highest BCUT2D eigenvalue weighted by Gasteiger charge is 2.19. The Morgan fingerprint density at radius 2 is 2.12 bits per heavy atom. The molecule has 0 N–H and O–H groups in total. The molecule has 86 valence electrons. The molecule has 0 radical (unpaired) electrons. The number of pyridine rings is 1. The van der Waals surface area contributed by atoms with Crippen molar-refractivity contribution < 1.29 is 0 Å². The molecule has 0 aliphatic carbocycles. The van der Waals surface area contributed by atoms with Gasteiger partial charge >= 0.3 is 0 Å². The third-order valence-corrected chi connectivity index (χ3v) is 2.89.